The fraction of sp³-hybridized carbons (Fsp3) is 0.917. The number of ether oxygens (including phenoxy) is 1. The molecule has 2 aliphatic rings. The van der Waals surface area contributed by atoms with Crippen LogP contribution in [0, 0.1) is 5.41 Å². The molecule has 4 nitrogen and oxygen atoms in total. The average molecular weight is 226 g/mol. The van der Waals surface area contributed by atoms with Gasteiger partial charge in [0.2, 0.25) is 5.91 Å². The Hall–Kier alpha value is -0.610. The van der Waals surface area contributed by atoms with Gasteiger partial charge in [-0.1, -0.05) is 0 Å². The van der Waals surface area contributed by atoms with E-state index >= 15 is 0 Å². The molecule has 2 unspecified atom stereocenters. The summed E-state index contributed by atoms with van der Waals surface area (Å²) in [6.07, 6.45) is 3.07. The van der Waals surface area contributed by atoms with Crippen LogP contribution in [0.1, 0.15) is 26.2 Å². The average Bonchev–Trinajstić information content (AvgIpc) is 2.81. The minimum absolute atomic E-state index is 0.213. The van der Waals surface area contributed by atoms with Crippen molar-refractivity contribution >= 4 is 5.91 Å². The molecule has 0 aromatic heterocycles. The van der Waals surface area contributed by atoms with Crippen LogP contribution in [-0.4, -0.2) is 50.2 Å². The van der Waals surface area contributed by atoms with E-state index in [0.717, 1.165) is 39.0 Å². The first-order chi connectivity index (χ1) is 7.63. The van der Waals surface area contributed by atoms with Crippen LogP contribution in [0.4, 0.5) is 0 Å². The third kappa shape index (κ3) is 2.23. The van der Waals surface area contributed by atoms with Crippen LogP contribution in [-0.2, 0) is 9.53 Å². The molecule has 4 heteroatoms. The predicted octanol–water partition coefficient (Wildman–Crippen LogP) is 0.623. The number of hydrogen-bond acceptors (Lipinski definition) is 3. The van der Waals surface area contributed by atoms with Crippen molar-refractivity contribution in [1.82, 2.24) is 10.2 Å². The van der Waals surface area contributed by atoms with Gasteiger partial charge in [0.25, 0.3) is 0 Å². The number of amides is 1. The lowest BCUT2D eigenvalue weighted by Gasteiger charge is -2.37. The largest absolute Gasteiger partial charge is 0.379 e. The van der Waals surface area contributed by atoms with Gasteiger partial charge in [0, 0.05) is 20.2 Å². The van der Waals surface area contributed by atoms with E-state index in [1.54, 1.807) is 0 Å². The van der Waals surface area contributed by atoms with Crippen LogP contribution in [0.25, 0.3) is 0 Å². The Labute approximate surface area is 97.3 Å². The molecular formula is C12H22N2O2. The van der Waals surface area contributed by atoms with E-state index in [2.05, 4.69) is 12.2 Å². The van der Waals surface area contributed by atoms with Gasteiger partial charge in [-0.25, -0.2) is 0 Å². The summed E-state index contributed by atoms with van der Waals surface area (Å²) in [4.78, 5) is 14.3. The number of piperidine rings is 1. The van der Waals surface area contributed by atoms with Gasteiger partial charge >= 0.3 is 0 Å². The Balaban J connectivity index is 1.99. The third-order valence-electron chi connectivity index (χ3n) is 3.89. The van der Waals surface area contributed by atoms with Gasteiger partial charge < -0.3 is 15.0 Å². The number of hydrogen-bond donors (Lipinski definition) is 1. The maximum Gasteiger partial charge on any atom is 0.229 e. The zero-order chi connectivity index (χ0) is 11.6. The summed E-state index contributed by atoms with van der Waals surface area (Å²) in [6.45, 7) is 5.42. The molecule has 2 fully saturated rings. The smallest absolute Gasteiger partial charge is 0.229 e. The number of rotatable bonds is 2. The zero-order valence-corrected chi connectivity index (χ0v) is 10.3. The van der Waals surface area contributed by atoms with Crippen molar-refractivity contribution in [2.75, 3.05) is 33.4 Å². The van der Waals surface area contributed by atoms with Crippen LogP contribution in [0.15, 0.2) is 0 Å². The molecule has 1 amide bonds. The molecule has 0 bridgehead atoms. The summed E-state index contributed by atoms with van der Waals surface area (Å²) in [5.74, 6) is 0.273. The molecule has 2 rings (SSSR count). The normalized spacial score (nSPS) is 35.0. The number of carbonyl (C=O) groups excluding carboxylic acids is 1. The van der Waals surface area contributed by atoms with E-state index < -0.39 is 0 Å². The number of carbonyl (C=O) groups is 1. The Bertz CT molecular complexity index is 256. The van der Waals surface area contributed by atoms with Gasteiger partial charge in [0.15, 0.2) is 0 Å². The second-order valence-corrected chi connectivity index (χ2v) is 5.27. The molecule has 92 valence electrons. The van der Waals surface area contributed by atoms with Crippen molar-refractivity contribution in [1.29, 1.82) is 0 Å². The van der Waals surface area contributed by atoms with Gasteiger partial charge in [-0.2, -0.15) is 0 Å². The summed E-state index contributed by atoms with van der Waals surface area (Å²) in [5.41, 5.74) is -0.213. The van der Waals surface area contributed by atoms with Crippen LogP contribution >= 0.6 is 0 Å². The standard InChI is InChI=1S/C12H22N2O2/c1-12(5-3-6-13-9-12)11(15)14(2)10-4-7-16-8-10/h10,13H,3-9H2,1-2H3. The Morgan fingerprint density at radius 3 is 2.94 bits per heavy atom. The SMILES string of the molecule is CN(C(=O)C1(C)CCCNC1)C1CCOC1. The van der Waals surface area contributed by atoms with E-state index in [0.29, 0.717) is 6.61 Å². The Kier molecular flexibility index (Phi) is 3.50. The Morgan fingerprint density at radius 2 is 2.38 bits per heavy atom. The quantitative estimate of drug-likeness (QED) is 0.750. The molecule has 2 saturated heterocycles. The fourth-order valence-corrected chi connectivity index (χ4v) is 2.66. The first-order valence-corrected chi connectivity index (χ1v) is 6.19. The monoisotopic (exact) mass is 226 g/mol. The third-order valence-corrected chi connectivity index (χ3v) is 3.89. The Morgan fingerprint density at radius 1 is 1.56 bits per heavy atom. The summed E-state index contributed by atoms with van der Waals surface area (Å²) in [7, 11) is 1.92. The molecule has 0 spiro atoms. The summed E-state index contributed by atoms with van der Waals surface area (Å²) in [5, 5.41) is 3.32. The highest BCUT2D eigenvalue weighted by Crippen LogP contribution is 2.29. The minimum Gasteiger partial charge on any atom is -0.379 e. The summed E-state index contributed by atoms with van der Waals surface area (Å²) < 4.78 is 5.34. The van der Waals surface area contributed by atoms with E-state index in [1.165, 1.54) is 0 Å². The molecule has 2 heterocycles. The maximum atomic E-state index is 12.4. The van der Waals surface area contributed by atoms with Crippen molar-refractivity contribution in [2.24, 2.45) is 5.41 Å². The molecule has 0 aliphatic carbocycles. The molecule has 16 heavy (non-hydrogen) atoms. The van der Waals surface area contributed by atoms with Crippen molar-refractivity contribution in [3.8, 4) is 0 Å². The summed E-state index contributed by atoms with van der Waals surface area (Å²) >= 11 is 0. The van der Waals surface area contributed by atoms with E-state index in [1.807, 2.05) is 11.9 Å². The van der Waals surface area contributed by atoms with Crippen molar-refractivity contribution < 1.29 is 9.53 Å². The van der Waals surface area contributed by atoms with E-state index in [-0.39, 0.29) is 17.4 Å². The van der Waals surface area contributed by atoms with Crippen molar-refractivity contribution in [2.45, 2.75) is 32.2 Å². The predicted molar refractivity (Wildman–Crippen MR) is 62.2 cm³/mol. The molecule has 1 N–H and O–H groups in total. The maximum absolute atomic E-state index is 12.4. The van der Waals surface area contributed by atoms with E-state index in [9.17, 15) is 4.79 Å². The van der Waals surface area contributed by atoms with Gasteiger partial charge in [-0.3, -0.25) is 4.79 Å². The van der Waals surface area contributed by atoms with Crippen molar-refractivity contribution in [3.05, 3.63) is 0 Å². The van der Waals surface area contributed by atoms with Gasteiger partial charge in [0.05, 0.1) is 18.1 Å². The number of nitrogens with zero attached hydrogens (tertiary/aromatic N) is 1. The lowest BCUT2D eigenvalue weighted by Crippen LogP contribution is -2.51. The van der Waals surface area contributed by atoms with Crippen LogP contribution < -0.4 is 5.32 Å². The van der Waals surface area contributed by atoms with Gasteiger partial charge in [-0.15, -0.1) is 0 Å². The lowest BCUT2D eigenvalue weighted by atomic mass is 9.81. The molecule has 0 aromatic rings. The van der Waals surface area contributed by atoms with Crippen LogP contribution in [0.5, 0.6) is 0 Å². The molecule has 2 aliphatic heterocycles. The second kappa shape index (κ2) is 4.72. The fourth-order valence-electron chi connectivity index (χ4n) is 2.66. The highest BCUT2D eigenvalue weighted by molar-refractivity contribution is 5.82. The first-order valence-electron chi connectivity index (χ1n) is 6.19. The van der Waals surface area contributed by atoms with Gasteiger partial charge in [0.1, 0.15) is 0 Å². The van der Waals surface area contributed by atoms with Gasteiger partial charge in [-0.05, 0) is 32.7 Å². The molecule has 0 aromatic carbocycles. The molecule has 2 atom stereocenters. The highest BCUT2D eigenvalue weighted by Gasteiger charge is 2.39. The first kappa shape index (κ1) is 11.9. The summed E-state index contributed by atoms with van der Waals surface area (Å²) in [6, 6.07) is 0.284. The highest BCUT2D eigenvalue weighted by atomic mass is 16.5. The second-order valence-electron chi connectivity index (χ2n) is 5.27. The molecule has 0 saturated carbocycles. The van der Waals surface area contributed by atoms with E-state index in [4.69, 9.17) is 4.74 Å². The molecule has 0 radical (unpaired) electrons. The number of nitrogens with one attached hydrogen (secondary N) is 1. The topological polar surface area (TPSA) is 41.6 Å². The lowest BCUT2D eigenvalue weighted by molar-refractivity contribution is -0.143. The number of likely N-dealkylation sites (N-methyl/N-ethyl adjacent to an activating group) is 1. The zero-order valence-electron chi connectivity index (χ0n) is 10.3. The van der Waals surface area contributed by atoms with Crippen LogP contribution in [0.2, 0.25) is 0 Å². The molecular weight excluding hydrogens is 204 g/mol. The van der Waals surface area contributed by atoms with Crippen molar-refractivity contribution in [3.63, 3.8) is 0 Å². The van der Waals surface area contributed by atoms with Crippen LogP contribution in [0.3, 0.4) is 0 Å². The minimum atomic E-state index is -0.213.